The largest absolute Gasteiger partial charge is 0.381 e. The first kappa shape index (κ1) is 19.6. The highest BCUT2D eigenvalue weighted by Gasteiger charge is 2.12. The van der Waals surface area contributed by atoms with Crippen molar-refractivity contribution in [2.45, 2.75) is 22.5 Å². The van der Waals surface area contributed by atoms with Crippen LogP contribution in [-0.4, -0.2) is 13.2 Å². The lowest BCUT2D eigenvalue weighted by molar-refractivity contribution is 0.129. The molecular weight excluding hydrogens is 552 g/mol. The smallest absolute Gasteiger partial charge is 0.0479 e. The van der Waals surface area contributed by atoms with Crippen LogP contribution in [0.15, 0.2) is 57.5 Å². The number of benzene rings is 2. The lowest BCUT2D eigenvalue weighted by Gasteiger charge is -2.14. The fourth-order valence-corrected chi connectivity index (χ4v) is 5.15. The van der Waals surface area contributed by atoms with Gasteiger partial charge in [0.2, 0.25) is 0 Å². The van der Waals surface area contributed by atoms with E-state index < -0.39 is 0 Å². The van der Waals surface area contributed by atoms with E-state index in [0.717, 1.165) is 35.0 Å². The summed E-state index contributed by atoms with van der Waals surface area (Å²) in [6, 6.07) is 16.6. The van der Waals surface area contributed by atoms with Crippen molar-refractivity contribution in [2.24, 2.45) is 0 Å². The van der Waals surface area contributed by atoms with Crippen molar-refractivity contribution in [1.82, 2.24) is 0 Å². The number of ether oxygens (including phenoxy) is 1. The van der Waals surface area contributed by atoms with Gasteiger partial charge < -0.3 is 4.74 Å². The standard InChI is InChI=1S/C18H18Br4O/c19-15-7-3-1-5-13(15)17(21)9-11-23-12-10-18(22)14-6-2-4-8-16(14)20/h1-8,17-18H,9-12H2. The third kappa shape index (κ3) is 6.28. The topological polar surface area (TPSA) is 9.23 Å². The van der Waals surface area contributed by atoms with Crippen LogP contribution >= 0.6 is 63.7 Å². The van der Waals surface area contributed by atoms with Crippen LogP contribution in [0.1, 0.15) is 33.6 Å². The minimum Gasteiger partial charge on any atom is -0.381 e. The zero-order valence-electron chi connectivity index (χ0n) is 12.5. The number of alkyl halides is 2. The molecule has 0 saturated carbocycles. The van der Waals surface area contributed by atoms with Gasteiger partial charge in [-0.2, -0.15) is 0 Å². The van der Waals surface area contributed by atoms with E-state index in [1.807, 2.05) is 12.1 Å². The van der Waals surface area contributed by atoms with Crippen LogP contribution in [0.25, 0.3) is 0 Å². The number of hydrogen-bond acceptors (Lipinski definition) is 1. The van der Waals surface area contributed by atoms with E-state index in [1.165, 1.54) is 11.1 Å². The highest BCUT2D eigenvalue weighted by Crippen LogP contribution is 2.33. The van der Waals surface area contributed by atoms with Crippen LogP contribution < -0.4 is 0 Å². The number of halogens is 4. The zero-order valence-corrected chi connectivity index (χ0v) is 18.9. The summed E-state index contributed by atoms with van der Waals surface area (Å²) in [7, 11) is 0. The van der Waals surface area contributed by atoms with E-state index in [9.17, 15) is 0 Å². The Morgan fingerprint density at radius 2 is 1.09 bits per heavy atom. The molecule has 2 aromatic carbocycles. The Hall–Kier alpha value is 0.320. The summed E-state index contributed by atoms with van der Waals surface area (Å²) < 4.78 is 8.08. The molecule has 0 amide bonds. The lowest BCUT2D eigenvalue weighted by atomic mass is 10.1. The molecule has 0 heterocycles. The van der Waals surface area contributed by atoms with E-state index in [4.69, 9.17) is 4.74 Å². The third-order valence-corrected chi connectivity index (χ3v) is 6.86. The van der Waals surface area contributed by atoms with Crippen LogP contribution in [0.3, 0.4) is 0 Å². The third-order valence-electron chi connectivity index (χ3n) is 3.52. The molecule has 0 aliphatic carbocycles. The van der Waals surface area contributed by atoms with E-state index >= 15 is 0 Å². The molecule has 0 aromatic heterocycles. The first-order chi connectivity index (χ1) is 11.1. The van der Waals surface area contributed by atoms with Gasteiger partial charge in [0.15, 0.2) is 0 Å². The van der Waals surface area contributed by atoms with Crippen LogP contribution in [0, 0.1) is 0 Å². The molecule has 5 heteroatoms. The van der Waals surface area contributed by atoms with Gasteiger partial charge in [0.05, 0.1) is 0 Å². The Bertz CT molecular complexity index is 564. The zero-order chi connectivity index (χ0) is 16.7. The average Bonchev–Trinajstić information content (AvgIpc) is 2.55. The molecule has 23 heavy (non-hydrogen) atoms. The monoisotopic (exact) mass is 566 g/mol. The summed E-state index contributed by atoms with van der Waals surface area (Å²) in [6.07, 6.45) is 1.90. The molecule has 1 nitrogen and oxygen atoms in total. The van der Waals surface area contributed by atoms with Crippen molar-refractivity contribution in [3.63, 3.8) is 0 Å². The van der Waals surface area contributed by atoms with Gasteiger partial charge in [0.25, 0.3) is 0 Å². The average molecular weight is 570 g/mol. The maximum Gasteiger partial charge on any atom is 0.0479 e. The number of hydrogen-bond donors (Lipinski definition) is 0. The summed E-state index contributed by atoms with van der Waals surface area (Å²) in [5, 5.41) is 0. The molecule has 0 bridgehead atoms. The molecule has 0 fully saturated rings. The van der Waals surface area contributed by atoms with Gasteiger partial charge in [-0.15, -0.1) is 0 Å². The Labute approximate surface area is 171 Å². The van der Waals surface area contributed by atoms with Crippen molar-refractivity contribution < 1.29 is 4.74 Å². The van der Waals surface area contributed by atoms with Crippen molar-refractivity contribution in [2.75, 3.05) is 13.2 Å². The normalized spacial score (nSPS) is 13.7. The van der Waals surface area contributed by atoms with Gasteiger partial charge in [0, 0.05) is 31.8 Å². The van der Waals surface area contributed by atoms with Gasteiger partial charge in [0.1, 0.15) is 0 Å². The Morgan fingerprint density at radius 1 is 0.696 bits per heavy atom. The molecular formula is C18H18Br4O. The van der Waals surface area contributed by atoms with Gasteiger partial charge in [-0.05, 0) is 36.1 Å². The molecule has 2 unspecified atom stereocenters. The summed E-state index contributed by atoms with van der Waals surface area (Å²) in [5.74, 6) is 0. The fourth-order valence-electron chi connectivity index (χ4n) is 2.24. The Kier molecular flexibility index (Phi) is 8.83. The predicted octanol–water partition coefficient (Wildman–Crippen LogP) is 7.58. The van der Waals surface area contributed by atoms with Gasteiger partial charge >= 0.3 is 0 Å². The van der Waals surface area contributed by atoms with Crippen LogP contribution in [0.4, 0.5) is 0 Å². The van der Waals surface area contributed by atoms with Crippen molar-refractivity contribution in [1.29, 1.82) is 0 Å². The van der Waals surface area contributed by atoms with E-state index in [1.54, 1.807) is 0 Å². The molecule has 0 saturated heterocycles. The second-order valence-electron chi connectivity index (χ2n) is 5.17. The Morgan fingerprint density at radius 3 is 1.48 bits per heavy atom. The van der Waals surface area contributed by atoms with Crippen molar-refractivity contribution >= 4 is 63.7 Å². The number of rotatable bonds is 8. The summed E-state index contributed by atoms with van der Waals surface area (Å²) >= 11 is 14.7. The Balaban J connectivity index is 1.70. The van der Waals surface area contributed by atoms with Crippen LogP contribution in [0.5, 0.6) is 0 Å². The van der Waals surface area contributed by atoms with Gasteiger partial charge in [-0.3, -0.25) is 0 Å². The molecule has 0 radical (unpaired) electrons. The summed E-state index contributed by atoms with van der Waals surface area (Å²) in [5.41, 5.74) is 2.53. The fraction of sp³-hybridized carbons (Fsp3) is 0.333. The summed E-state index contributed by atoms with van der Waals surface area (Å²) in [4.78, 5) is 0.613. The molecule has 0 aliphatic rings. The maximum atomic E-state index is 5.81. The molecule has 0 N–H and O–H groups in total. The van der Waals surface area contributed by atoms with E-state index in [0.29, 0.717) is 9.65 Å². The highest BCUT2D eigenvalue weighted by atomic mass is 79.9. The van der Waals surface area contributed by atoms with Gasteiger partial charge in [-0.25, -0.2) is 0 Å². The van der Waals surface area contributed by atoms with E-state index in [2.05, 4.69) is 100 Å². The predicted molar refractivity (Wildman–Crippen MR) is 112 cm³/mol. The molecule has 2 atom stereocenters. The first-order valence-corrected chi connectivity index (χ1v) is 10.9. The minimum absolute atomic E-state index is 0.307. The van der Waals surface area contributed by atoms with Crippen LogP contribution in [-0.2, 0) is 4.74 Å². The van der Waals surface area contributed by atoms with Gasteiger partial charge in [-0.1, -0.05) is 100 Å². The molecule has 2 rings (SSSR count). The SMILES string of the molecule is Brc1ccccc1C(Br)CCOCCC(Br)c1ccccc1Br. The quantitative estimate of drug-likeness (QED) is 0.235. The first-order valence-electron chi connectivity index (χ1n) is 7.44. The van der Waals surface area contributed by atoms with Crippen LogP contribution in [0.2, 0.25) is 0 Å². The second kappa shape index (κ2) is 10.3. The second-order valence-corrected chi connectivity index (χ2v) is 9.09. The highest BCUT2D eigenvalue weighted by molar-refractivity contribution is 9.11. The molecule has 124 valence electrons. The summed E-state index contributed by atoms with van der Waals surface area (Å²) in [6.45, 7) is 1.49. The maximum absolute atomic E-state index is 5.81. The lowest BCUT2D eigenvalue weighted by Crippen LogP contribution is -2.03. The van der Waals surface area contributed by atoms with Crippen molar-refractivity contribution in [3.8, 4) is 0 Å². The van der Waals surface area contributed by atoms with E-state index in [-0.39, 0.29) is 0 Å². The molecule has 0 spiro atoms. The molecule has 2 aromatic rings. The van der Waals surface area contributed by atoms with Crippen molar-refractivity contribution in [3.05, 3.63) is 68.6 Å². The molecule has 0 aliphatic heterocycles. The minimum atomic E-state index is 0.307.